The van der Waals surface area contributed by atoms with Crippen LogP contribution >= 0.6 is 0 Å². The third-order valence-corrected chi connectivity index (χ3v) is 4.48. The fraction of sp³-hybridized carbons (Fsp3) is 0.500. The second-order valence-electron chi connectivity index (χ2n) is 5.93. The quantitative estimate of drug-likeness (QED) is 0.917. The third kappa shape index (κ3) is 2.30. The third-order valence-electron chi connectivity index (χ3n) is 4.48. The van der Waals surface area contributed by atoms with E-state index in [4.69, 9.17) is 5.11 Å². The van der Waals surface area contributed by atoms with Crippen LogP contribution in [0.5, 0.6) is 0 Å². The first-order chi connectivity index (χ1) is 9.58. The molecule has 1 heterocycles. The van der Waals surface area contributed by atoms with E-state index in [2.05, 4.69) is 0 Å². The van der Waals surface area contributed by atoms with Gasteiger partial charge in [0, 0.05) is 24.1 Å². The van der Waals surface area contributed by atoms with Crippen molar-refractivity contribution >= 4 is 17.6 Å². The second kappa shape index (κ2) is 4.93. The fourth-order valence-electron chi connectivity index (χ4n) is 3.13. The minimum atomic E-state index is -0.811. The van der Waals surface area contributed by atoms with Crippen molar-refractivity contribution in [3.8, 4) is 0 Å². The highest BCUT2D eigenvalue weighted by molar-refractivity contribution is 5.97. The summed E-state index contributed by atoms with van der Waals surface area (Å²) in [5.74, 6) is -0.180. The topological polar surface area (TPSA) is 57.6 Å². The van der Waals surface area contributed by atoms with Gasteiger partial charge in [0.2, 0.25) is 5.91 Å². The molecular weight excluding hydrogens is 254 g/mol. The highest BCUT2D eigenvalue weighted by Gasteiger charge is 2.39. The monoisotopic (exact) mass is 273 g/mol. The van der Waals surface area contributed by atoms with Crippen LogP contribution < -0.4 is 4.90 Å². The van der Waals surface area contributed by atoms with Crippen LogP contribution in [-0.2, 0) is 9.59 Å². The molecule has 1 amide bonds. The van der Waals surface area contributed by atoms with Gasteiger partial charge >= 0.3 is 5.97 Å². The lowest BCUT2D eigenvalue weighted by atomic mass is 9.98. The average molecular weight is 273 g/mol. The summed E-state index contributed by atoms with van der Waals surface area (Å²) < 4.78 is 0. The van der Waals surface area contributed by atoms with E-state index >= 15 is 0 Å². The van der Waals surface area contributed by atoms with Crippen molar-refractivity contribution in [2.24, 2.45) is 11.8 Å². The highest BCUT2D eigenvalue weighted by atomic mass is 16.4. The first-order valence-electron chi connectivity index (χ1n) is 7.20. The van der Waals surface area contributed by atoms with Crippen molar-refractivity contribution in [1.29, 1.82) is 0 Å². The zero-order valence-electron chi connectivity index (χ0n) is 11.6. The summed E-state index contributed by atoms with van der Waals surface area (Å²) in [7, 11) is 0. The van der Waals surface area contributed by atoms with Crippen LogP contribution in [-0.4, -0.2) is 23.5 Å². The Hall–Kier alpha value is -1.84. The summed E-state index contributed by atoms with van der Waals surface area (Å²) in [4.78, 5) is 25.4. The van der Waals surface area contributed by atoms with Crippen LogP contribution in [0, 0.1) is 11.8 Å². The maximum absolute atomic E-state index is 12.6. The van der Waals surface area contributed by atoms with Crippen molar-refractivity contribution in [2.75, 3.05) is 11.4 Å². The number of hydrogen-bond acceptors (Lipinski definition) is 2. The van der Waals surface area contributed by atoms with Crippen molar-refractivity contribution in [3.05, 3.63) is 29.8 Å². The Kier molecular flexibility index (Phi) is 3.24. The van der Waals surface area contributed by atoms with E-state index in [1.54, 1.807) is 4.90 Å². The lowest BCUT2D eigenvalue weighted by Crippen LogP contribution is -2.35. The summed E-state index contributed by atoms with van der Waals surface area (Å²) in [6.07, 6.45) is 2.36. The lowest BCUT2D eigenvalue weighted by molar-refractivity contribution is -0.137. The van der Waals surface area contributed by atoms with Crippen molar-refractivity contribution in [3.63, 3.8) is 0 Å². The fourth-order valence-corrected chi connectivity index (χ4v) is 3.13. The minimum absolute atomic E-state index is 0.0478. The van der Waals surface area contributed by atoms with E-state index in [0.717, 1.165) is 24.1 Å². The van der Waals surface area contributed by atoms with E-state index in [1.165, 1.54) is 0 Å². The molecule has 2 aliphatic rings. The summed E-state index contributed by atoms with van der Waals surface area (Å²) in [5.41, 5.74) is 1.89. The number of carbonyl (C=O) groups is 2. The van der Waals surface area contributed by atoms with Crippen molar-refractivity contribution < 1.29 is 14.7 Å². The molecule has 0 aromatic heterocycles. The number of nitrogens with zero attached hydrogens (tertiary/aromatic N) is 1. The number of carboxylic acids is 1. The maximum atomic E-state index is 12.6. The molecule has 4 nitrogen and oxygen atoms in total. The molecule has 1 aliphatic carbocycles. The summed E-state index contributed by atoms with van der Waals surface area (Å²) >= 11 is 0. The number of amides is 1. The van der Waals surface area contributed by atoms with Gasteiger partial charge in [-0.2, -0.15) is 0 Å². The molecule has 2 atom stereocenters. The number of carbonyl (C=O) groups excluding carboxylic acids is 1. The van der Waals surface area contributed by atoms with E-state index < -0.39 is 5.97 Å². The Labute approximate surface area is 118 Å². The number of anilines is 1. The van der Waals surface area contributed by atoms with E-state index in [9.17, 15) is 9.59 Å². The first kappa shape index (κ1) is 13.2. The molecule has 1 N–H and O–H groups in total. The number of hydrogen-bond donors (Lipinski definition) is 1. The van der Waals surface area contributed by atoms with Crippen LogP contribution in [0.3, 0.4) is 0 Å². The van der Waals surface area contributed by atoms with Crippen LogP contribution in [0.4, 0.5) is 5.69 Å². The molecule has 1 saturated carbocycles. The van der Waals surface area contributed by atoms with Crippen LogP contribution in [0.15, 0.2) is 24.3 Å². The van der Waals surface area contributed by atoms with E-state index in [0.29, 0.717) is 12.5 Å². The Morgan fingerprint density at radius 1 is 1.35 bits per heavy atom. The van der Waals surface area contributed by atoms with E-state index in [1.807, 2.05) is 31.2 Å². The van der Waals surface area contributed by atoms with Crippen molar-refractivity contribution in [1.82, 2.24) is 0 Å². The summed E-state index contributed by atoms with van der Waals surface area (Å²) in [5, 5.41) is 9.03. The second-order valence-corrected chi connectivity index (χ2v) is 5.93. The van der Waals surface area contributed by atoms with Gasteiger partial charge in [0.25, 0.3) is 0 Å². The van der Waals surface area contributed by atoms with Gasteiger partial charge in [-0.15, -0.1) is 0 Å². The molecule has 0 spiro atoms. The normalized spacial score (nSPS) is 22.4. The zero-order valence-corrected chi connectivity index (χ0v) is 11.6. The largest absolute Gasteiger partial charge is 0.481 e. The van der Waals surface area contributed by atoms with Crippen LogP contribution in [0.2, 0.25) is 0 Å². The average Bonchev–Trinajstić information content (AvgIpc) is 3.21. The standard InChI is InChI=1S/C16H19NO3/c1-10(11-6-7-11)16(20)17-9-12(8-15(18)19)13-4-2-3-5-14(13)17/h2-5,10-12H,6-9H2,1H3,(H,18,19). The van der Waals surface area contributed by atoms with Gasteiger partial charge in [0.05, 0.1) is 6.42 Å². The molecule has 1 aromatic rings. The van der Waals surface area contributed by atoms with Crippen LogP contribution in [0.1, 0.15) is 37.7 Å². The SMILES string of the molecule is CC(C(=O)N1CC(CC(=O)O)c2ccccc21)C1CC1. The Balaban J connectivity index is 1.86. The number of fused-ring (bicyclic) bond motifs is 1. The summed E-state index contributed by atoms with van der Waals surface area (Å²) in [6.45, 7) is 2.49. The summed E-state index contributed by atoms with van der Waals surface area (Å²) in [6, 6.07) is 7.68. The first-order valence-corrected chi connectivity index (χ1v) is 7.20. The predicted molar refractivity (Wildman–Crippen MR) is 75.7 cm³/mol. The predicted octanol–water partition coefficient (Wildman–Crippen LogP) is 2.64. The molecule has 1 aromatic carbocycles. The van der Waals surface area contributed by atoms with Gasteiger partial charge in [-0.25, -0.2) is 0 Å². The van der Waals surface area contributed by atoms with Gasteiger partial charge in [-0.1, -0.05) is 25.1 Å². The minimum Gasteiger partial charge on any atom is -0.481 e. The molecule has 0 saturated heterocycles. The van der Waals surface area contributed by atoms with E-state index in [-0.39, 0.29) is 24.2 Å². The molecule has 1 aliphatic heterocycles. The van der Waals surface area contributed by atoms with Gasteiger partial charge < -0.3 is 10.0 Å². The number of carboxylic acid groups (broad SMARTS) is 1. The number of para-hydroxylation sites is 1. The Morgan fingerprint density at radius 3 is 2.70 bits per heavy atom. The molecular formula is C16H19NO3. The molecule has 106 valence electrons. The number of rotatable bonds is 4. The molecule has 0 bridgehead atoms. The number of benzene rings is 1. The highest BCUT2D eigenvalue weighted by Crippen LogP contribution is 2.42. The maximum Gasteiger partial charge on any atom is 0.304 e. The Bertz CT molecular complexity index is 550. The van der Waals surface area contributed by atoms with Gasteiger partial charge in [0.1, 0.15) is 0 Å². The smallest absolute Gasteiger partial charge is 0.304 e. The zero-order chi connectivity index (χ0) is 14.3. The van der Waals surface area contributed by atoms with Gasteiger partial charge in [0.15, 0.2) is 0 Å². The van der Waals surface area contributed by atoms with Crippen molar-refractivity contribution in [2.45, 2.75) is 32.1 Å². The molecule has 20 heavy (non-hydrogen) atoms. The molecule has 1 fully saturated rings. The number of aliphatic carboxylic acids is 1. The molecule has 4 heteroatoms. The Morgan fingerprint density at radius 2 is 2.05 bits per heavy atom. The molecule has 3 rings (SSSR count). The van der Waals surface area contributed by atoms with Gasteiger partial charge in [-0.3, -0.25) is 9.59 Å². The lowest BCUT2D eigenvalue weighted by Gasteiger charge is -2.22. The molecule has 0 radical (unpaired) electrons. The van der Waals surface area contributed by atoms with Gasteiger partial charge in [-0.05, 0) is 30.4 Å². The van der Waals surface area contributed by atoms with Crippen LogP contribution in [0.25, 0.3) is 0 Å². The molecule has 2 unspecified atom stereocenters.